The zero-order chi connectivity index (χ0) is 17.8. The molecule has 0 saturated carbocycles. The molecule has 3 aromatic carbocycles. The molecule has 0 atom stereocenters. The minimum Gasteiger partial charge on any atom is -0.455 e. The standard InChI is InChI=1S/C24H16OS2/c1-3-7-15(8-4-1)19-20-17-11-13-26-23(17)24-18(12-14-27-24)22(20)25-21(19)16-9-5-2-6-10-16/h1-11,13H,12,14H2. The van der Waals surface area contributed by atoms with Gasteiger partial charge in [-0.2, -0.15) is 0 Å². The van der Waals surface area contributed by atoms with Crippen molar-refractivity contribution in [2.75, 3.05) is 5.75 Å². The predicted octanol–water partition coefficient (Wildman–Crippen LogP) is 7.63. The number of hydrogen-bond acceptors (Lipinski definition) is 3. The van der Waals surface area contributed by atoms with Crippen LogP contribution in [-0.4, -0.2) is 5.75 Å². The van der Waals surface area contributed by atoms with E-state index in [0.29, 0.717) is 0 Å². The van der Waals surface area contributed by atoms with Gasteiger partial charge in [0.15, 0.2) is 0 Å². The molecule has 1 aliphatic rings. The Kier molecular flexibility index (Phi) is 3.46. The van der Waals surface area contributed by atoms with Gasteiger partial charge in [-0.3, -0.25) is 0 Å². The van der Waals surface area contributed by atoms with Gasteiger partial charge in [-0.1, -0.05) is 60.7 Å². The van der Waals surface area contributed by atoms with Crippen LogP contribution in [0.4, 0.5) is 0 Å². The summed E-state index contributed by atoms with van der Waals surface area (Å²) >= 11 is 3.83. The molecule has 3 heterocycles. The largest absolute Gasteiger partial charge is 0.455 e. The number of benzene rings is 3. The van der Waals surface area contributed by atoms with Gasteiger partial charge in [0, 0.05) is 42.8 Å². The summed E-state index contributed by atoms with van der Waals surface area (Å²) in [6, 6.07) is 23.4. The lowest BCUT2D eigenvalue weighted by atomic mass is 9.95. The molecular formula is C24H16OS2. The average Bonchev–Trinajstić information content (AvgIpc) is 3.45. The molecular weight excluding hydrogens is 368 g/mol. The Hall–Kier alpha value is -2.49. The molecule has 0 unspecified atom stereocenters. The van der Waals surface area contributed by atoms with Gasteiger partial charge >= 0.3 is 0 Å². The Balaban J connectivity index is 1.83. The quantitative estimate of drug-likeness (QED) is 0.310. The topological polar surface area (TPSA) is 13.1 Å². The van der Waals surface area contributed by atoms with Crippen LogP contribution in [0.3, 0.4) is 0 Å². The minimum absolute atomic E-state index is 0.981. The molecule has 3 heteroatoms. The molecule has 6 rings (SSSR count). The van der Waals surface area contributed by atoms with E-state index in [1.54, 1.807) is 0 Å². The van der Waals surface area contributed by atoms with Crippen molar-refractivity contribution in [1.82, 2.24) is 0 Å². The van der Waals surface area contributed by atoms with Crippen molar-refractivity contribution in [3.63, 3.8) is 0 Å². The van der Waals surface area contributed by atoms with Crippen molar-refractivity contribution < 1.29 is 4.42 Å². The van der Waals surface area contributed by atoms with Crippen LogP contribution in [0.2, 0.25) is 0 Å². The molecule has 2 aromatic heterocycles. The number of hydrogen-bond donors (Lipinski definition) is 0. The van der Waals surface area contributed by atoms with E-state index in [0.717, 1.165) is 29.1 Å². The minimum atomic E-state index is 0.981. The van der Waals surface area contributed by atoms with Crippen molar-refractivity contribution in [1.29, 1.82) is 0 Å². The van der Waals surface area contributed by atoms with Crippen molar-refractivity contribution in [2.45, 2.75) is 11.3 Å². The van der Waals surface area contributed by atoms with Crippen molar-refractivity contribution in [3.05, 3.63) is 77.7 Å². The molecule has 1 aliphatic heterocycles. The summed E-state index contributed by atoms with van der Waals surface area (Å²) in [6.07, 6.45) is 1.08. The Morgan fingerprint density at radius 2 is 1.56 bits per heavy atom. The molecule has 0 aliphatic carbocycles. The zero-order valence-electron chi connectivity index (χ0n) is 14.6. The number of rotatable bonds is 2. The first-order valence-electron chi connectivity index (χ1n) is 9.14. The van der Waals surface area contributed by atoms with Crippen molar-refractivity contribution >= 4 is 44.2 Å². The van der Waals surface area contributed by atoms with Crippen LogP contribution >= 0.6 is 23.1 Å². The normalized spacial score (nSPS) is 13.5. The summed E-state index contributed by atoms with van der Waals surface area (Å²) in [5.41, 5.74) is 6.05. The second kappa shape index (κ2) is 6.01. The fourth-order valence-corrected chi connectivity index (χ4v) is 6.44. The molecule has 0 amide bonds. The average molecular weight is 385 g/mol. The molecule has 0 N–H and O–H groups in total. The maximum absolute atomic E-state index is 6.65. The number of fused-ring (bicyclic) bond motifs is 6. The van der Waals surface area contributed by atoms with Crippen LogP contribution in [0.5, 0.6) is 0 Å². The highest BCUT2D eigenvalue weighted by Gasteiger charge is 2.27. The second-order valence-corrected chi connectivity index (χ2v) is 8.83. The van der Waals surface area contributed by atoms with Crippen LogP contribution in [0.15, 0.2) is 81.4 Å². The van der Waals surface area contributed by atoms with Crippen LogP contribution < -0.4 is 0 Å². The molecule has 0 fully saturated rings. The summed E-state index contributed by atoms with van der Waals surface area (Å²) in [6.45, 7) is 0. The molecule has 0 bridgehead atoms. The van der Waals surface area contributed by atoms with Gasteiger partial charge in [-0.05, 0) is 23.4 Å². The molecule has 0 saturated heterocycles. The van der Waals surface area contributed by atoms with E-state index >= 15 is 0 Å². The lowest BCUT2D eigenvalue weighted by Gasteiger charge is -2.06. The summed E-state index contributed by atoms with van der Waals surface area (Å²) < 4.78 is 8.07. The number of aryl methyl sites for hydroxylation is 1. The molecule has 27 heavy (non-hydrogen) atoms. The molecule has 0 radical (unpaired) electrons. The molecule has 5 aromatic rings. The molecule has 130 valence electrons. The van der Waals surface area contributed by atoms with Crippen LogP contribution in [0.25, 0.3) is 43.5 Å². The van der Waals surface area contributed by atoms with Crippen molar-refractivity contribution in [3.8, 4) is 22.5 Å². The fourth-order valence-electron chi connectivity index (χ4n) is 4.13. The number of furan rings is 1. The van der Waals surface area contributed by atoms with E-state index in [1.165, 1.54) is 37.1 Å². The van der Waals surface area contributed by atoms with Crippen LogP contribution in [0, 0.1) is 0 Å². The van der Waals surface area contributed by atoms with Gasteiger partial charge in [0.05, 0.1) is 0 Å². The van der Waals surface area contributed by atoms with Gasteiger partial charge in [-0.15, -0.1) is 23.1 Å². The van der Waals surface area contributed by atoms with E-state index < -0.39 is 0 Å². The van der Waals surface area contributed by atoms with Gasteiger partial charge < -0.3 is 4.42 Å². The first-order chi connectivity index (χ1) is 13.4. The van der Waals surface area contributed by atoms with Gasteiger partial charge in [-0.25, -0.2) is 0 Å². The number of thiophene rings is 1. The predicted molar refractivity (Wildman–Crippen MR) is 117 cm³/mol. The summed E-state index contributed by atoms with van der Waals surface area (Å²) in [7, 11) is 0. The Morgan fingerprint density at radius 1 is 0.815 bits per heavy atom. The fraction of sp³-hybridized carbons (Fsp3) is 0.0833. The first kappa shape index (κ1) is 15.6. The van der Waals surface area contributed by atoms with Crippen LogP contribution in [-0.2, 0) is 6.42 Å². The summed E-state index contributed by atoms with van der Waals surface area (Å²) in [5.74, 6) is 2.12. The zero-order valence-corrected chi connectivity index (χ0v) is 16.2. The monoisotopic (exact) mass is 384 g/mol. The highest BCUT2D eigenvalue weighted by molar-refractivity contribution is 8.00. The van der Waals surface area contributed by atoms with E-state index in [9.17, 15) is 0 Å². The van der Waals surface area contributed by atoms with E-state index in [4.69, 9.17) is 4.42 Å². The highest BCUT2D eigenvalue weighted by atomic mass is 32.2. The van der Waals surface area contributed by atoms with E-state index in [2.05, 4.69) is 72.1 Å². The summed E-state index contributed by atoms with van der Waals surface area (Å²) in [5, 5.41) is 4.82. The van der Waals surface area contributed by atoms with E-state index in [-0.39, 0.29) is 0 Å². The molecule has 0 spiro atoms. The maximum Gasteiger partial charge on any atom is 0.143 e. The van der Waals surface area contributed by atoms with Gasteiger partial charge in [0.2, 0.25) is 0 Å². The molecule has 1 nitrogen and oxygen atoms in total. The third kappa shape index (κ3) is 2.25. The smallest absolute Gasteiger partial charge is 0.143 e. The second-order valence-electron chi connectivity index (χ2n) is 6.81. The third-order valence-corrected chi connectivity index (χ3v) is 7.50. The highest BCUT2D eigenvalue weighted by Crippen LogP contribution is 2.51. The number of thioether (sulfide) groups is 1. The lowest BCUT2D eigenvalue weighted by Crippen LogP contribution is -1.84. The summed E-state index contributed by atoms with van der Waals surface area (Å²) in [4.78, 5) is 1.43. The lowest BCUT2D eigenvalue weighted by molar-refractivity contribution is 0.627. The van der Waals surface area contributed by atoms with E-state index in [1.807, 2.05) is 23.1 Å². The van der Waals surface area contributed by atoms with Gasteiger partial charge in [0.25, 0.3) is 0 Å². The Labute approximate surface area is 165 Å². The van der Waals surface area contributed by atoms with Crippen LogP contribution in [0.1, 0.15) is 5.56 Å². The van der Waals surface area contributed by atoms with Gasteiger partial charge in [0.1, 0.15) is 11.3 Å². The maximum atomic E-state index is 6.65. The van der Waals surface area contributed by atoms with Crippen molar-refractivity contribution in [2.24, 2.45) is 0 Å². The first-order valence-corrected chi connectivity index (χ1v) is 11.0. The Bertz CT molecular complexity index is 1280. The SMILES string of the molecule is c1ccc(-c2oc3c4c(c5sccc5c3c2-c2ccccc2)SCC4)cc1. The Morgan fingerprint density at radius 3 is 2.33 bits per heavy atom. The third-order valence-electron chi connectivity index (χ3n) is 5.29.